The van der Waals surface area contributed by atoms with Crippen LogP contribution in [-0.2, 0) is 12.7 Å². The molecule has 0 saturated heterocycles. The highest BCUT2D eigenvalue weighted by Gasteiger charge is 2.31. The van der Waals surface area contributed by atoms with E-state index in [9.17, 15) is 18.0 Å². The monoisotopic (exact) mass is 391 g/mol. The van der Waals surface area contributed by atoms with Crippen LogP contribution in [0.5, 0.6) is 11.8 Å². The van der Waals surface area contributed by atoms with Gasteiger partial charge >= 0.3 is 12.2 Å². The average Bonchev–Trinajstić information content (AvgIpc) is 2.59. The zero-order valence-electron chi connectivity index (χ0n) is 13.5. The number of halogens is 4. The van der Waals surface area contributed by atoms with Crippen molar-refractivity contribution >= 4 is 23.6 Å². The number of aromatic nitrogens is 3. The second-order valence-electron chi connectivity index (χ2n) is 4.73. The molecule has 0 atom stereocenters. The fraction of sp³-hybridized carbons (Fsp3) is 0.286. The fourth-order valence-electron chi connectivity index (χ4n) is 1.73. The van der Waals surface area contributed by atoms with Crippen LogP contribution in [0, 0.1) is 0 Å². The Labute approximate surface area is 150 Å². The second-order valence-corrected chi connectivity index (χ2v) is 5.14. The molecule has 0 aliphatic carbocycles. The molecule has 0 saturated carbocycles. The number of pyridine rings is 1. The van der Waals surface area contributed by atoms with Crippen molar-refractivity contribution in [2.45, 2.75) is 12.7 Å². The first-order chi connectivity index (χ1) is 12.2. The third kappa shape index (κ3) is 5.09. The van der Waals surface area contributed by atoms with Gasteiger partial charge in [-0.15, -0.1) is 0 Å². The Morgan fingerprint density at radius 2 is 1.81 bits per heavy atom. The maximum Gasteiger partial charge on any atom is 0.417 e. The molecule has 26 heavy (non-hydrogen) atoms. The first kappa shape index (κ1) is 19.5. The molecule has 0 aromatic carbocycles. The van der Waals surface area contributed by atoms with Crippen LogP contribution in [0.25, 0.3) is 0 Å². The van der Waals surface area contributed by atoms with Gasteiger partial charge in [0, 0.05) is 6.20 Å². The number of carbonyl (C=O) groups is 1. The minimum Gasteiger partial charge on any atom is -0.481 e. The summed E-state index contributed by atoms with van der Waals surface area (Å²) in [6.45, 7) is -0.204. The van der Waals surface area contributed by atoms with Crippen LogP contribution in [0.1, 0.15) is 11.3 Å². The van der Waals surface area contributed by atoms with Gasteiger partial charge in [0.25, 0.3) is 0 Å². The fourth-order valence-corrected chi connectivity index (χ4v) is 1.96. The summed E-state index contributed by atoms with van der Waals surface area (Å²) in [7, 11) is 2.76. The minimum atomic E-state index is -4.55. The minimum absolute atomic E-state index is 0.0685. The van der Waals surface area contributed by atoms with Gasteiger partial charge in [0.05, 0.1) is 43.1 Å². The van der Waals surface area contributed by atoms with E-state index in [0.29, 0.717) is 6.20 Å². The molecule has 0 bridgehead atoms. The van der Waals surface area contributed by atoms with Gasteiger partial charge < -0.3 is 14.8 Å². The summed E-state index contributed by atoms with van der Waals surface area (Å²) in [4.78, 5) is 23.3. The number of amides is 2. The molecule has 2 amide bonds. The normalized spacial score (nSPS) is 11.0. The Morgan fingerprint density at radius 3 is 2.31 bits per heavy atom. The molecule has 2 aromatic rings. The second kappa shape index (κ2) is 8.04. The first-order valence-corrected chi connectivity index (χ1v) is 7.34. The Bertz CT molecular complexity index is 782. The van der Waals surface area contributed by atoms with E-state index >= 15 is 0 Å². The summed E-state index contributed by atoms with van der Waals surface area (Å²) in [5.41, 5.74) is -0.911. The molecule has 2 rings (SSSR count). The van der Waals surface area contributed by atoms with Crippen molar-refractivity contribution in [1.29, 1.82) is 0 Å². The topological polar surface area (TPSA) is 98.3 Å². The highest BCUT2D eigenvalue weighted by molar-refractivity contribution is 6.31. The number of alkyl halides is 3. The van der Waals surface area contributed by atoms with Crippen molar-refractivity contribution in [3.05, 3.63) is 34.6 Å². The molecule has 2 N–H and O–H groups in total. The lowest BCUT2D eigenvalue weighted by Crippen LogP contribution is -2.29. The number of anilines is 1. The SMILES string of the molecule is COc1cc(OC)nc(NC(=O)NCc2ncc(C(F)(F)F)cc2Cl)n1. The predicted molar refractivity (Wildman–Crippen MR) is 85.2 cm³/mol. The maximum atomic E-state index is 12.6. The standard InChI is InChI=1S/C14H13ClF3N5O3/c1-25-10-4-11(26-2)22-12(21-10)23-13(24)20-6-9-8(15)3-7(5-19-9)14(16,17)18/h3-5H,6H2,1-2H3,(H2,20,21,22,23,24). The van der Waals surface area contributed by atoms with Gasteiger partial charge in [-0.05, 0) is 6.07 Å². The van der Waals surface area contributed by atoms with Crippen molar-refractivity contribution < 1.29 is 27.4 Å². The van der Waals surface area contributed by atoms with Crippen LogP contribution in [0.15, 0.2) is 18.3 Å². The lowest BCUT2D eigenvalue weighted by atomic mass is 10.2. The molecule has 0 aliphatic heterocycles. The zero-order valence-corrected chi connectivity index (χ0v) is 14.3. The largest absolute Gasteiger partial charge is 0.481 e. The number of nitrogens with one attached hydrogen (secondary N) is 2. The molecule has 2 heterocycles. The van der Waals surface area contributed by atoms with Gasteiger partial charge in [-0.1, -0.05) is 11.6 Å². The molecule has 8 nitrogen and oxygen atoms in total. The highest BCUT2D eigenvalue weighted by atomic mass is 35.5. The molecule has 0 radical (unpaired) electrons. The van der Waals surface area contributed by atoms with Crippen molar-refractivity contribution in [3.8, 4) is 11.8 Å². The molecule has 2 aromatic heterocycles. The van der Waals surface area contributed by atoms with Gasteiger partial charge in [-0.25, -0.2) is 4.79 Å². The van der Waals surface area contributed by atoms with E-state index < -0.39 is 17.8 Å². The molecular formula is C14H13ClF3N5O3. The Kier molecular flexibility index (Phi) is 6.03. The van der Waals surface area contributed by atoms with E-state index in [4.69, 9.17) is 21.1 Å². The van der Waals surface area contributed by atoms with Crippen LogP contribution >= 0.6 is 11.6 Å². The smallest absolute Gasteiger partial charge is 0.417 e. The van der Waals surface area contributed by atoms with Crippen LogP contribution in [0.2, 0.25) is 5.02 Å². The van der Waals surface area contributed by atoms with Crippen LogP contribution < -0.4 is 20.1 Å². The van der Waals surface area contributed by atoms with Crippen LogP contribution in [0.3, 0.4) is 0 Å². The number of nitrogens with zero attached hydrogens (tertiary/aromatic N) is 3. The summed E-state index contributed by atoms with van der Waals surface area (Å²) < 4.78 is 47.6. The van der Waals surface area contributed by atoms with Crippen molar-refractivity contribution in [2.75, 3.05) is 19.5 Å². The van der Waals surface area contributed by atoms with E-state index in [1.165, 1.54) is 20.3 Å². The maximum absolute atomic E-state index is 12.6. The predicted octanol–water partition coefficient (Wildman–Crippen LogP) is 2.88. The summed E-state index contributed by atoms with van der Waals surface area (Å²) in [6.07, 6.45) is -3.92. The summed E-state index contributed by atoms with van der Waals surface area (Å²) in [6, 6.07) is 1.42. The molecule has 0 spiro atoms. The lowest BCUT2D eigenvalue weighted by molar-refractivity contribution is -0.137. The molecular weight excluding hydrogens is 379 g/mol. The Morgan fingerprint density at radius 1 is 1.19 bits per heavy atom. The molecule has 0 aliphatic rings. The van der Waals surface area contributed by atoms with Gasteiger partial charge in [0.15, 0.2) is 0 Å². The Balaban J connectivity index is 2.01. The van der Waals surface area contributed by atoms with Gasteiger partial charge in [0.2, 0.25) is 17.7 Å². The third-order valence-corrected chi connectivity index (χ3v) is 3.31. The first-order valence-electron chi connectivity index (χ1n) is 6.96. The van der Waals surface area contributed by atoms with E-state index in [1.54, 1.807) is 0 Å². The van der Waals surface area contributed by atoms with Crippen molar-refractivity contribution in [2.24, 2.45) is 0 Å². The number of carbonyl (C=O) groups excluding carboxylic acids is 1. The lowest BCUT2D eigenvalue weighted by Gasteiger charge is -2.11. The van der Waals surface area contributed by atoms with Gasteiger partial charge in [0.1, 0.15) is 0 Å². The van der Waals surface area contributed by atoms with E-state index in [0.717, 1.165) is 6.07 Å². The summed E-state index contributed by atoms with van der Waals surface area (Å²) in [5.74, 6) is 0.240. The van der Waals surface area contributed by atoms with Crippen LogP contribution in [0.4, 0.5) is 23.9 Å². The molecule has 0 fully saturated rings. The summed E-state index contributed by atoms with van der Waals surface area (Å²) in [5, 5.41) is 4.49. The van der Waals surface area contributed by atoms with Gasteiger partial charge in [-0.2, -0.15) is 23.1 Å². The third-order valence-electron chi connectivity index (χ3n) is 2.98. The Hall–Kier alpha value is -2.82. The number of rotatable bonds is 5. The summed E-state index contributed by atoms with van der Waals surface area (Å²) >= 11 is 5.77. The average molecular weight is 392 g/mol. The highest BCUT2D eigenvalue weighted by Crippen LogP contribution is 2.31. The number of hydrogen-bond donors (Lipinski definition) is 2. The number of methoxy groups -OCH3 is 2. The van der Waals surface area contributed by atoms with Crippen LogP contribution in [-0.4, -0.2) is 35.2 Å². The molecule has 0 unspecified atom stereocenters. The number of urea groups is 1. The molecule has 140 valence electrons. The zero-order chi connectivity index (χ0) is 19.3. The van der Waals surface area contributed by atoms with Crippen molar-refractivity contribution in [1.82, 2.24) is 20.3 Å². The van der Waals surface area contributed by atoms with Gasteiger partial charge in [-0.3, -0.25) is 10.3 Å². The van der Waals surface area contributed by atoms with Crippen molar-refractivity contribution in [3.63, 3.8) is 0 Å². The van der Waals surface area contributed by atoms with E-state index in [-0.39, 0.29) is 35.0 Å². The van der Waals surface area contributed by atoms with E-state index in [1.807, 2.05) is 0 Å². The van der Waals surface area contributed by atoms with E-state index in [2.05, 4.69) is 25.6 Å². The number of ether oxygens (including phenoxy) is 2. The molecule has 12 heteroatoms. The quantitative estimate of drug-likeness (QED) is 0.813. The number of hydrogen-bond acceptors (Lipinski definition) is 6.